The number of carbonyl (C=O) groups excluding carboxylic acids is 1. The molecule has 4 heteroatoms. The maximum atomic E-state index is 12.9. The minimum Gasteiger partial charge on any atom is -0.493 e. The monoisotopic (exact) mass is 225 g/mol. The maximum Gasteiger partial charge on any atom is 0.225 e. The van der Waals surface area contributed by atoms with Crippen LogP contribution in [-0.2, 0) is 4.79 Å². The predicted molar refractivity (Wildman–Crippen MR) is 59.9 cm³/mol. The van der Waals surface area contributed by atoms with Crippen molar-refractivity contribution >= 4 is 5.91 Å². The van der Waals surface area contributed by atoms with Crippen molar-refractivity contribution in [2.24, 2.45) is 0 Å². The summed E-state index contributed by atoms with van der Waals surface area (Å²) >= 11 is 0. The first kappa shape index (κ1) is 12.5. The third-order valence-electron chi connectivity index (χ3n) is 2.22. The molecule has 88 valence electrons. The molecule has 0 aliphatic heterocycles. The van der Waals surface area contributed by atoms with Gasteiger partial charge in [0.25, 0.3) is 0 Å². The van der Waals surface area contributed by atoms with Crippen LogP contribution in [-0.4, -0.2) is 31.5 Å². The highest BCUT2D eigenvalue weighted by molar-refractivity contribution is 5.75. The summed E-state index contributed by atoms with van der Waals surface area (Å²) in [6.07, 6.45) is 0.295. The first-order valence-electron chi connectivity index (χ1n) is 5.10. The average Bonchev–Trinajstić information content (AvgIpc) is 2.22. The zero-order valence-electron chi connectivity index (χ0n) is 9.79. The number of hydrogen-bond donors (Lipinski definition) is 0. The normalized spacial score (nSPS) is 10.0. The van der Waals surface area contributed by atoms with Crippen molar-refractivity contribution in [1.82, 2.24) is 4.90 Å². The van der Waals surface area contributed by atoms with Crippen molar-refractivity contribution in [2.75, 3.05) is 20.7 Å². The van der Waals surface area contributed by atoms with E-state index in [1.807, 2.05) is 6.92 Å². The van der Waals surface area contributed by atoms with Gasteiger partial charge < -0.3 is 9.64 Å². The summed E-state index contributed by atoms with van der Waals surface area (Å²) in [5.74, 6) is 0.153. The second kappa shape index (κ2) is 5.49. The lowest BCUT2D eigenvalue weighted by Gasteiger charge is -2.12. The Bertz CT molecular complexity index is 377. The third-order valence-corrected chi connectivity index (χ3v) is 2.22. The van der Waals surface area contributed by atoms with Gasteiger partial charge in [-0.3, -0.25) is 4.79 Å². The minimum atomic E-state index is -0.334. The Kier molecular flexibility index (Phi) is 4.28. The van der Waals surface area contributed by atoms with Gasteiger partial charge in [-0.2, -0.15) is 0 Å². The highest BCUT2D eigenvalue weighted by atomic mass is 19.1. The number of halogens is 1. The first-order chi connectivity index (χ1) is 7.50. The Morgan fingerprint density at radius 3 is 2.75 bits per heavy atom. The van der Waals surface area contributed by atoms with Gasteiger partial charge in [-0.05, 0) is 18.6 Å². The van der Waals surface area contributed by atoms with Gasteiger partial charge in [-0.15, -0.1) is 0 Å². The van der Waals surface area contributed by atoms with Gasteiger partial charge >= 0.3 is 0 Å². The van der Waals surface area contributed by atoms with Crippen LogP contribution >= 0.6 is 0 Å². The molecule has 1 amide bonds. The summed E-state index contributed by atoms with van der Waals surface area (Å²) in [6, 6.07) is 4.36. The molecule has 0 fully saturated rings. The van der Waals surface area contributed by atoms with E-state index in [4.69, 9.17) is 4.74 Å². The molecule has 16 heavy (non-hydrogen) atoms. The zero-order valence-corrected chi connectivity index (χ0v) is 9.79. The average molecular weight is 225 g/mol. The lowest BCUT2D eigenvalue weighted by molar-refractivity contribution is -0.129. The molecule has 0 aliphatic rings. The van der Waals surface area contributed by atoms with E-state index < -0.39 is 0 Å². The summed E-state index contributed by atoms with van der Waals surface area (Å²) in [7, 11) is 3.38. The molecular weight excluding hydrogens is 209 g/mol. The van der Waals surface area contributed by atoms with E-state index in [2.05, 4.69) is 0 Å². The molecule has 0 heterocycles. The van der Waals surface area contributed by atoms with Crippen molar-refractivity contribution in [3.8, 4) is 5.75 Å². The molecule has 0 saturated carbocycles. The molecule has 0 bridgehead atoms. The van der Waals surface area contributed by atoms with Gasteiger partial charge in [-0.25, -0.2) is 4.39 Å². The van der Waals surface area contributed by atoms with E-state index in [0.29, 0.717) is 12.2 Å². The minimum absolute atomic E-state index is 0.00550. The van der Waals surface area contributed by atoms with Crippen molar-refractivity contribution in [3.63, 3.8) is 0 Å². The van der Waals surface area contributed by atoms with Crippen LogP contribution in [0.2, 0.25) is 0 Å². The second-order valence-corrected chi connectivity index (χ2v) is 3.80. The molecule has 1 rings (SSSR count). The van der Waals surface area contributed by atoms with Crippen LogP contribution in [0.1, 0.15) is 12.0 Å². The standard InChI is InChI=1S/C12H16FNO2/c1-9-4-5-10(13)8-11(9)16-7-6-12(15)14(2)3/h4-5,8H,6-7H2,1-3H3. The maximum absolute atomic E-state index is 12.9. The van der Waals surface area contributed by atoms with Crippen molar-refractivity contribution in [1.29, 1.82) is 0 Å². The Morgan fingerprint density at radius 2 is 2.12 bits per heavy atom. The van der Waals surface area contributed by atoms with Crippen LogP contribution in [0.15, 0.2) is 18.2 Å². The van der Waals surface area contributed by atoms with Crippen LogP contribution in [0, 0.1) is 12.7 Å². The number of ether oxygens (including phenoxy) is 1. The quantitative estimate of drug-likeness (QED) is 0.784. The van der Waals surface area contributed by atoms with E-state index >= 15 is 0 Å². The predicted octanol–water partition coefficient (Wildman–Crippen LogP) is 1.99. The zero-order chi connectivity index (χ0) is 12.1. The number of hydrogen-bond acceptors (Lipinski definition) is 2. The largest absolute Gasteiger partial charge is 0.493 e. The number of rotatable bonds is 4. The van der Waals surface area contributed by atoms with E-state index in [1.165, 1.54) is 17.0 Å². The summed E-state index contributed by atoms with van der Waals surface area (Å²) in [5, 5.41) is 0. The number of nitrogens with zero attached hydrogens (tertiary/aromatic N) is 1. The Balaban J connectivity index is 2.49. The molecule has 0 atom stereocenters. The molecule has 3 nitrogen and oxygen atoms in total. The van der Waals surface area contributed by atoms with E-state index in [0.717, 1.165) is 5.56 Å². The Morgan fingerprint density at radius 1 is 1.44 bits per heavy atom. The van der Waals surface area contributed by atoms with Crippen LogP contribution in [0.5, 0.6) is 5.75 Å². The molecule has 0 radical (unpaired) electrons. The summed E-state index contributed by atoms with van der Waals surface area (Å²) in [6.45, 7) is 2.10. The van der Waals surface area contributed by atoms with E-state index in [9.17, 15) is 9.18 Å². The number of carbonyl (C=O) groups is 1. The van der Waals surface area contributed by atoms with E-state index in [-0.39, 0.29) is 18.3 Å². The van der Waals surface area contributed by atoms with Gasteiger partial charge in [0.1, 0.15) is 11.6 Å². The van der Waals surface area contributed by atoms with Gasteiger partial charge in [-0.1, -0.05) is 6.07 Å². The fourth-order valence-corrected chi connectivity index (χ4v) is 1.20. The Hall–Kier alpha value is -1.58. The molecule has 0 saturated heterocycles. The van der Waals surface area contributed by atoms with Gasteiger partial charge in [0.05, 0.1) is 13.0 Å². The Labute approximate surface area is 94.8 Å². The molecule has 0 aliphatic carbocycles. The fourth-order valence-electron chi connectivity index (χ4n) is 1.20. The van der Waals surface area contributed by atoms with E-state index in [1.54, 1.807) is 20.2 Å². The highest BCUT2D eigenvalue weighted by Crippen LogP contribution is 2.18. The highest BCUT2D eigenvalue weighted by Gasteiger charge is 2.05. The van der Waals surface area contributed by atoms with Crippen molar-refractivity contribution in [3.05, 3.63) is 29.6 Å². The lowest BCUT2D eigenvalue weighted by atomic mass is 10.2. The molecule has 0 spiro atoms. The fraction of sp³-hybridized carbons (Fsp3) is 0.417. The molecule has 0 N–H and O–H groups in total. The molecular formula is C12H16FNO2. The van der Waals surface area contributed by atoms with Crippen LogP contribution in [0.3, 0.4) is 0 Å². The topological polar surface area (TPSA) is 29.5 Å². The van der Waals surface area contributed by atoms with Crippen LogP contribution < -0.4 is 4.74 Å². The molecule has 1 aromatic rings. The van der Waals surface area contributed by atoms with Gasteiger partial charge in [0.15, 0.2) is 0 Å². The lowest BCUT2D eigenvalue weighted by Crippen LogP contribution is -2.23. The molecule has 0 aromatic heterocycles. The van der Waals surface area contributed by atoms with Crippen LogP contribution in [0.4, 0.5) is 4.39 Å². The molecule has 0 unspecified atom stereocenters. The first-order valence-corrected chi connectivity index (χ1v) is 5.10. The van der Waals surface area contributed by atoms with Crippen molar-refractivity contribution in [2.45, 2.75) is 13.3 Å². The SMILES string of the molecule is Cc1ccc(F)cc1OCCC(=O)N(C)C. The third kappa shape index (κ3) is 3.53. The van der Waals surface area contributed by atoms with Gasteiger partial charge in [0.2, 0.25) is 5.91 Å². The van der Waals surface area contributed by atoms with Crippen LogP contribution in [0.25, 0.3) is 0 Å². The smallest absolute Gasteiger partial charge is 0.225 e. The molecule has 1 aromatic carbocycles. The van der Waals surface area contributed by atoms with Crippen molar-refractivity contribution < 1.29 is 13.9 Å². The van der Waals surface area contributed by atoms with Gasteiger partial charge in [0, 0.05) is 20.2 Å². The summed E-state index contributed by atoms with van der Waals surface area (Å²) < 4.78 is 18.3. The summed E-state index contributed by atoms with van der Waals surface area (Å²) in [5.41, 5.74) is 0.860. The summed E-state index contributed by atoms with van der Waals surface area (Å²) in [4.78, 5) is 12.8. The number of aryl methyl sites for hydroxylation is 1. The number of benzene rings is 1. The second-order valence-electron chi connectivity index (χ2n) is 3.80. The number of amides is 1.